The van der Waals surface area contributed by atoms with Crippen molar-refractivity contribution in [2.45, 2.75) is 44.4 Å². The van der Waals surface area contributed by atoms with Crippen LogP contribution in [-0.4, -0.2) is 28.0 Å². The summed E-state index contributed by atoms with van der Waals surface area (Å²) < 4.78 is 43.8. The minimum absolute atomic E-state index is 0.0240. The predicted octanol–water partition coefficient (Wildman–Crippen LogP) is 3.11. The second kappa shape index (κ2) is 6.35. The Morgan fingerprint density at radius 3 is 2.46 bits per heavy atom. The molecule has 1 unspecified atom stereocenters. The Balaban J connectivity index is 2.12. The summed E-state index contributed by atoms with van der Waals surface area (Å²) in [5, 5.41) is 6.38. The number of benzene rings is 1. The Bertz CT molecular complexity index is 984. The third-order valence-electron chi connectivity index (χ3n) is 5.25. The van der Waals surface area contributed by atoms with Gasteiger partial charge >= 0.3 is 0 Å². The first-order chi connectivity index (χ1) is 12.9. The van der Waals surface area contributed by atoms with Crippen molar-refractivity contribution in [2.75, 3.05) is 5.32 Å². The van der Waals surface area contributed by atoms with E-state index in [9.17, 15) is 22.8 Å². The van der Waals surface area contributed by atoms with Crippen molar-refractivity contribution in [3.63, 3.8) is 0 Å². The third kappa shape index (κ3) is 2.94. The average Bonchev–Trinajstić information content (AvgIpc) is 3.07. The van der Waals surface area contributed by atoms with Crippen LogP contribution in [-0.2, 0) is 17.9 Å². The number of hydrogen-bond donors (Lipinski definition) is 2. The molecule has 0 fully saturated rings. The molecule has 0 spiro atoms. The van der Waals surface area contributed by atoms with Crippen LogP contribution in [0.2, 0.25) is 0 Å². The summed E-state index contributed by atoms with van der Waals surface area (Å²) in [6.45, 7) is 4.75. The number of nitrogens with zero attached hydrogens (tertiary/aromatic N) is 2. The van der Waals surface area contributed by atoms with Gasteiger partial charge in [-0.05, 0) is 42.0 Å². The van der Waals surface area contributed by atoms with Crippen LogP contribution in [0.1, 0.15) is 59.2 Å². The number of fused-ring (bicyclic) bond motifs is 1. The van der Waals surface area contributed by atoms with Crippen molar-refractivity contribution < 1.29 is 22.8 Å². The molecule has 1 aliphatic carbocycles. The number of amides is 2. The van der Waals surface area contributed by atoms with E-state index in [0.29, 0.717) is 0 Å². The molecule has 28 heavy (non-hydrogen) atoms. The number of nitrogens with two attached hydrogens (primary N) is 1. The highest BCUT2D eigenvalue weighted by molar-refractivity contribution is 6.11. The van der Waals surface area contributed by atoms with Crippen LogP contribution in [0.25, 0.3) is 0 Å². The molecule has 2 aromatic rings. The molecule has 150 valence electrons. The Labute approximate surface area is 159 Å². The van der Waals surface area contributed by atoms with Crippen LogP contribution < -0.4 is 11.1 Å². The van der Waals surface area contributed by atoms with Gasteiger partial charge in [-0.15, -0.1) is 0 Å². The van der Waals surface area contributed by atoms with E-state index in [0.717, 1.165) is 6.07 Å². The first-order valence-corrected chi connectivity index (χ1v) is 8.65. The Kier molecular flexibility index (Phi) is 4.52. The number of anilines is 1. The molecule has 0 saturated heterocycles. The summed E-state index contributed by atoms with van der Waals surface area (Å²) in [6.07, 6.45) is -1.43. The molecule has 1 aliphatic rings. The molecule has 1 heterocycles. The zero-order valence-corrected chi connectivity index (χ0v) is 15.9. The molecule has 0 saturated carbocycles. The number of carbonyl (C=O) groups excluding carboxylic acids is 2. The van der Waals surface area contributed by atoms with Gasteiger partial charge in [0.2, 0.25) is 6.43 Å². The van der Waals surface area contributed by atoms with E-state index in [1.165, 1.54) is 30.9 Å². The van der Waals surface area contributed by atoms with Gasteiger partial charge in [0.15, 0.2) is 5.69 Å². The number of nitrogens with one attached hydrogen (secondary N) is 1. The van der Waals surface area contributed by atoms with Crippen LogP contribution in [0.5, 0.6) is 0 Å². The number of aromatic nitrogens is 2. The molecule has 3 N–H and O–H groups in total. The number of carbonyl (C=O) groups is 2. The van der Waals surface area contributed by atoms with Crippen LogP contribution in [0.15, 0.2) is 18.3 Å². The molecule has 2 amide bonds. The number of aryl methyl sites for hydroxylation is 1. The van der Waals surface area contributed by atoms with Gasteiger partial charge in [-0.2, -0.15) is 5.10 Å². The molecular weight excluding hydrogens is 373 g/mol. The van der Waals surface area contributed by atoms with E-state index < -0.39 is 34.9 Å². The molecule has 0 bridgehead atoms. The Morgan fingerprint density at radius 2 is 1.89 bits per heavy atom. The first kappa shape index (κ1) is 19.9. The number of halogens is 3. The van der Waals surface area contributed by atoms with Gasteiger partial charge in [0.05, 0.1) is 11.0 Å². The van der Waals surface area contributed by atoms with Gasteiger partial charge in [-0.3, -0.25) is 14.3 Å². The van der Waals surface area contributed by atoms with Crippen LogP contribution >= 0.6 is 0 Å². The summed E-state index contributed by atoms with van der Waals surface area (Å²) in [5.41, 5.74) is 2.75. The fourth-order valence-electron chi connectivity index (χ4n) is 4.24. The molecule has 6 nitrogen and oxygen atoms in total. The van der Waals surface area contributed by atoms with Gasteiger partial charge in [0.25, 0.3) is 11.8 Å². The summed E-state index contributed by atoms with van der Waals surface area (Å²) >= 11 is 0. The van der Waals surface area contributed by atoms with Crippen molar-refractivity contribution in [3.05, 3.63) is 46.5 Å². The maximum absolute atomic E-state index is 14.6. The van der Waals surface area contributed by atoms with Crippen molar-refractivity contribution in [1.29, 1.82) is 0 Å². The highest BCUT2D eigenvalue weighted by atomic mass is 19.3. The standard InChI is InChI=1S/C19H21F3N4O2/c1-18(2)8-19(3,17(21)22)13-11(6-5-10(20)12(13)18)24-16(28)9-7-26(4)25-14(9)15(23)27/h5-7,17H,8H2,1-4H3,(H2,23,27)(H,24,28). The zero-order valence-electron chi connectivity index (χ0n) is 15.9. The smallest absolute Gasteiger partial charge is 0.270 e. The minimum Gasteiger partial charge on any atom is -0.364 e. The van der Waals surface area contributed by atoms with E-state index in [1.807, 2.05) is 0 Å². The van der Waals surface area contributed by atoms with E-state index in [4.69, 9.17) is 5.73 Å². The summed E-state index contributed by atoms with van der Waals surface area (Å²) in [4.78, 5) is 24.2. The SMILES string of the molecule is Cn1cc(C(=O)Nc2ccc(F)c3c2C(C)(C(F)F)CC3(C)C)c(C(N)=O)n1. The number of hydrogen-bond acceptors (Lipinski definition) is 3. The maximum Gasteiger partial charge on any atom is 0.270 e. The van der Waals surface area contributed by atoms with Gasteiger partial charge in [-0.1, -0.05) is 13.8 Å². The fourth-order valence-corrected chi connectivity index (χ4v) is 4.24. The molecule has 1 aromatic carbocycles. The predicted molar refractivity (Wildman–Crippen MR) is 97.1 cm³/mol. The van der Waals surface area contributed by atoms with Gasteiger partial charge in [-0.25, -0.2) is 13.2 Å². The first-order valence-electron chi connectivity index (χ1n) is 8.65. The highest BCUT2D eigenvalue weighted by Crippen LogP contribution is 2.55. The number of rotatable bonds is 4. The lowest BCUT2D eigenvalue weighted by Crippen LogP contribution is -2.31. The minimum atomic E-state index is -2.76. The number of primary amides is 1. The Morgan fingerprint density at radius 1 is 1.25 bits per heavy atom. The fraction of sp³-hybridized carbons (Fsp3) is 0.421. The largest absolute Gasteiger partial charge is 0.364 e. The molecule has 0 aliphatic heterocycles. The summed E-state index contributed by atoms with van der Waals surface area (Å²) in [5.74, 6) is -2.23. The maximum atomic E-state index is 14.6. The normalized spacial score (nSPS) is 20.3. The van der Waals surface area contributed by atoms with Crippen LogP contribution in [0.3, 0.4) is 0 Å². The van der Waals surface area contributed by atoms with E-state index in [-0.39, 0.29) is 34.5 Å². The number of alkyl halides is 2. The third-order valence-corrected chi connectivity index (χ3v) is 5.25. The highest BCUT2D eigenvalue weighted by Gasteiger charge is 2.53. The van der Waals surface area contributed by atoms with E-state index in [1.54, 1.807) is 13.8 Å². The summed E-state index contributed by atoms with van der Waals surface area (Å²) in [6, 6.07) is 2.40. The molecule has 1 aromatic heterocycles. The molecular formula is C19H21F3N4O2. The molecule has 9 heteroatoms. The quantitative estimate of drug-likeness (QED) is 0.835. The zero-order chi connectivity index (χ0) is 21.0. The second-order valence-electron chi connectivity index (χ2n) is 8.01. The molecule has 0 radical (unpaired) electrons. The average molecular weight is 394 g/mol. The second-order valence-corrected chi connectivity index (χ2v) is 8.01. The van der Waals surface area contributed by atoms with Crippen molar-refractivity contribution >= 4 is 17.5 Å². The summed E-state index contributed by atoms with van der Waals surface area (Å²) in [7, 11) is 1.51. The van der Waals surface area contributed by atoms with Gasteiger partial charge < -0.3 is 11.1 Å². The van der Waals surface area contributed by atoms with E-state index >= 15 is 0 Å². The van der Waals surface area contributed by atoms with E-state index in [2.05, 4.69) is 10.4 Å². The van der Waals surface area contributed by atoms with Crippen molar-refractivity contribution in [1.82, 2.24) is 9.78 Å². The Hall–Kier alpha value is -2.84. The monoisotopic (exact) mass is 394 g/mol. The molecule has 1 atom stereocenters. The van der Waals surface area contributed by atoms with Crippen LogP contribution in [0.4, 0.5) is 18.9 Å². The van der Waals surface area contributed by atoms with Gasteiger partial charge in [0.1, 0.15) is 5.82 Å². The lowest BCUT2D eigenvalue weighted by atomic mass is 9.80. The lowest BCUT2D eigenvalue weighted by molar-refractivity contribution is 0.0526. The van der Waals surface area contributed by atoms with Crippen molar-refractivity contribution in [2.24, 2.45) is 12.8 Å². The topological polar surface area (TPSA) is 90.0 Å². The molecule has 3 rings (SSSR count). The lowest BCUT2D eigenvalue weighted by Gasteiger charge is -2.27. The van der Waals surface area contributed by atoms with Gasteiger partial charge in [0, 0.05) is 18.9 Å². The van der Waals surface area contributed by atoms with Crippen molar-refractivity contribution in [3.8, 4) is 0 Å². The van der Waals surface area contributed by atoms with Crippen LogP contribution in [0, 0.1) is 5.82 Å².